The monoisotopic (exact) mass is 354 g/mol. The maximum absolute atomic E-state index is 12.4. The summed E-state index contributed by atoms with van der Waals surface area (Å²) in [6, 6.07) is 7.12. The van der Waals surface area contributed by atoms with E-state index < -0.39 is 5.97 Å². The van der Waals surface area contributed by atoms with E-state index in [0.29, 0.717) is 41.7 Å². The Morgan fingerprint density at radius 2 is 2.15 bits per heavy atom. The van der Waals surface area contributed by atoms with Gasteiger partial charge in [0.05, 0.1) is 18.4 Å². The van der Waals surface area contributed by atoms with Crippen LogP contribution in [0.5, 0.6) is 17.2 Å². The number of nitrogens with zero attached hydrogens (tertiary/aromatic N) is 2. The minimum atomic E-state index is -0.478. The van der Waals surface area contributed by atoms with Gasteiger partial charge in [0.15, 0.2) is 11.5 Å². The molecule has 7 heteroatoms. The summed E-state index contributed by atoms with van der Waals surface area (Å²) in [5.41, 5.74) is 2.92. The minimum Gasteiger partial charge on any atom is -0.493 e. The number of rotatable bonds is 4. The minimum absolute atomic E-state index is 0.0801. The second kappa shape index (κ2) is 6.59. The lowest BCUT2D eigenvalue weighted by Gasteiger charge is -2.21. The number of ether oxygens (including phenoxy) is 4. The molecular formula is C19H18N2O5. The normalized spacial score (nSPS) is 12.8. The number of carbonyl (C=O) groups excluding carboxylic acids is 1. The van der Waals surface area contributed by atoms with E-state index in [-0.39, 0.29) is 6.61 Å². The number of methoxy groups -OCH3 is 1. The van der Waals surface area contributed by atoms with Crippen LogP contribution in [0.15, 0.2) is 36.7 Å². The van der Waals surface area contributed by atoms with Gasteiger partial charge < -0.3 is 23.3 Å². The molecule has 0 spiro atoms. The molecule has 0 radical (unpaired) electrons. The zero-order valence-electron chi connectivity index (χ0n) is 14.5. The molecule has 0 bridgehead atoms. The predicted molar refractivity (Wildman–Crippen MR) is 93.0 cm³/mol. The first kappa shape index (κ1) is 16.3. The van der Waals surface area contributed by atoms with Crippen molar-refractivity contribution >= 4 is 11.6 Å². The van der Waals surface area contributed by atoms with Gasteiger partial charge in [-0.1, -0.05) is 6.07 Å². The number of hydrogen-bond acceptors (Lipinski definition) is 6. The van der Waals surface area contributed by atoms with E-state index in [1.165, 1.54) is 7.11 Å². The van der Waals surface area contributed by atoms with Gasteiger partial charge in [-0.15, -0.1) is 0 Å². The molecule has 1 aliphatic heterocycles. The fourth-order valence-corrected chi connectivity index (χ4v) is 2.89. The summed E-state index contributed by atoms with van der Waals surface area (Å²) >= 11 is 0. The van der Waals surface area contributed by atoms with Crippen molar-refractivity contribution in [2.75, 3.05) is 20.3 Å². The quantitative estimate of drug-likeness (QED) is 0.671. The fourth-order valence-electron chi connectivity index (χ4n) is 2.89. The average molecular weight is 354 g/mol. The lowest BCUT2D eigenvalue weighted by molar-refractivity contribution is 0.0466. The van der Waals surface area contributed by atoms with E-state index in [1.807, 2.05) is 35.9 Å². The van der Waals surface area contributed by atoms with Crippen LogP contribution in [0, 0.1) is 6.92 Å². The van der Waals surface area contributed by atoms with Crippen LogP contribution in [0.2, 0.25) is 0 Å². The predicted octanol–water partition coefficient (Wildman–Crippen LogP) is 2.78. The molecule has 0 saturated heterocycles. The molecule has 0 aliphatic carbocycles. The molecule has 7 nitrogen and oxygen atoms in total. The standard InChI is InChI=1S/C19H18N2O5/c1-12-4-3-5-21-10-14(20-18(12)21)11-26-19(22)13-8-15(23-2)17-16(9-13)24-6-7-25-17/h3-5,8-10H,6-7,11H2,1-2H3. The first-order valence-electron chi connectivity index (χ1n) is 8.23. The highest BCUT2D eigenvalue weighted by Crippen LogP contribution is 2.40. The molecule has 0 saturated carbocycles. The highest BCUT2D eigenvalue weighted by Gasteiger charge is 2.21. The van der Waals surface area contributed by atoms with Gasteiger partial charge in [-0.05, 0) is 30.7 Å². The maximum atomic E-state index is 12.4. The van der Waals surface area contributed by atoms with Crippen LogP contribution < -0.4 is 14.2 Å². The summed E-state index contributed by atoms with van der Waals surface area (Å²) in [6.45, 7) is 2.94. The second-order valence-electron chi connectivity index (χ2n) is 5.93. The molecule has 4 rings (SSSR count). The highest BCUT2D eigenvalue weighted by atomic mass is 16.6. The Labute approximate surface area is 150 Å². The van der Waals surface area contributed by atoms with Crippen molar-refractivity contribution in [1.29, 1.82) is 0 Å². The first-order valence-corrected chi connectivity index (χ1v) is 8.23. The Morgan fingerprint density at radius 1 is 1.31 bits per heavy atom. The number of pyridine rings is 1. The van der Waals surface area contributed by atoms with Crippen molar-refractivity contribution in [2.45, 2.75) is 13.5 Å². The molecule has 0 N–H and O–H groups in total. The number of aromatic nitrogens is 2. The fraction of sp³-hybridized carbons (Fsp3) is 0.263. The van der Waals surface area contributed by atoms with Gasteiger partial charge in [0.2, 0.25) is 5.75 Å². The summed E-state index contributed by atoms with van der Waals surface area (Å²) in [7, 11) is 1.52. The second-order valence-corrected chi connectivity index (χ2v) is 5.93. The third kappa shape index (κ3) is 2.92. The Morgan fingerprint density at radius 3 is 2.96 bits per heavy atom. The summed E-state index contributed by atoms with van der Waals surface area (Å²) in [6.07, 6.45) is 3.76. The molecule has 2 aromatic heterocycles. The summed E-state index contributed by atoms with van der Waals surface area (Å²) in [5, 5.41) is 0. The molecule has 3 heterocycles. The van der Waals surface area contributed by atoms with E-state index >= 15 is 0 Å². The van der Waals surface area contributed by atoms with E-state index in [0.717, 1.165) is 11.2 Å². The molecule has 3 aromatic rings. The number of esters is 1. The van der Waals surface area contributed by atoms with Crippen molar-refractivity contribution in [1.82, 2.24) is 9.38 Å². The summed E-state index contributed by atoms with van der Waals surface area (Å²) in [4.78, 5) is 16.9. The van der Waals surface area contributed by atoms with Gasteiger partial charge in [-0.3, -0.25) is 0 Å². The Balaban J connectivity index is 1.53. The highest BCUT2D eigenvalue weighted by molar-refractivity contribution is 5.91. The zero-order chi connectivity index (χ0) is 18.1. The Kier molecular flexibility index (Phi) is 4.12. The third-order valence-electron chi connectivity index (χ3n) is 4.14. The van der Waals surface area contributed by atoms with Gasteiger partial charge in [-0.2, -0.15) is 0 Å². The van der Waals surface area contributed by atoms with E-state index in [9.17, 15) is 4.79 Å². The molecule has 1 aliphatic rings. The van der Waals surface area contributed by atoms with Crippen molar-refractivity contribution in [3.63, 3.8) is 0 Å². The number of aryl methyl sites for hydroxylation is 1. The van der Waals surface area contributed by atoms with E-state index in [2.05, 4.69) is 4.98 Å². The Bertz CT molecular complexity index is 962. The third-order valence-corrected chi connectivity index (χ3v) is 4.14. The van der Waals surface area contributed by atoms with Crippen molar-refractivity contribution in [3.05, 3.63) is 53.5 Å². The largest absolute Gasteiger partial charge is 0.493 e. The van der Waals surface area contributed by atoms with Gasteiger partial charge in [0, 0.05) is 12.4 Å². The first-order chi connectivity index (χ1) is 12.7. The van der Waals surface area contributed by atoms with Crippen molar-refractivity contribution < 1.29 is 23.7 Å². The average Bonchev–Trinajstić information content (AvgIpc) is 3.09. The maximum Gasteiger partial charge on any atom is 0.338 e. The number of imidazole rings is 1. The molecule has 1 aromatic carbocycles. The van der Waals surface area contributed by atoms with Crippen molar-refractivity contribution in [3.8, 4) is 17.2 Å². The van der Waals surface area contributed by atoms with Crippen LogP contribution in [-0.2, 0) is 11.3 Å². The Hall–Kier alpha value is -3.22. The summed E-state index contributed by atoms with van der Waals surface area (Å²) in [5.74, 6) is 0.948. The number of benzene rings is 1. The van der Waals surface area contributed by atoms with E-state index in [1.54, 1.807) is 12.1 Å². The zero-order valence-corrected chi connectivity index (χ0v) is 14.5. The number of fused-ring (bicyclic) bond motifs is 2. The van der Waals surface area contributed by atoms with Crippen LogP contribution in [0.3, 0.4) is 0 Å². The van der Waals surface area contributed by atoms with E-state index in [4.69, 9.17) is 18.9 Å². The van der Waals surface area contributed by atoms with Crippen LogP contribution in [0.1, 0.15) is 21.6 Å². The molecule has 0 fully saturated rings. The van der Waals surface area contributed by atoms with Crippen LogP contribution in [0.25, 0.3) is 5.65 Å². The van der Waals surface area contributed by atoms with Gasteiger partial charge >= 0.3 is 5.97 Å². The van der Waals surface area contributed by atoms with Crippen LogP contribution in [-0.4, -0.2) is 35.7 Å². The van der Waals surface area contributed by atoms with Gasteiger partial charge in [0.1, 0.15) is 25.5 Å². The smallest absolute Gasteiger partial charge is 0.338 e. The molecule has 0 atom stereocenters. The summed E-state index contributed by atoms with van der Waals surface area (Å²) < 4.78 is 23.7. The van der Waals surface area contributed by atoms with Crippen molar-refractivity contribution in [2.24, 2.45) is 0 Å². The molecular weight excluding hydrogens is 336 g/mol. The topological polar surface area (TPSA) is 71.3 Å². The van der Waals surface area contributed by atoms with Crippen LogP contribution in [0.4, 0.5) is 0 Å². The molecule has 0 unspecified atom stereocenters. The lowest BCUT2D eigenvalue weighted by Crippen LogP contribution is -2.17. The van der Waals surface area contributed by atoms with Crippen LogP contribution >= 0.6 is 0 Å². The number of carbonyl (C=O) groups is 1. The van der Waals surface area contributed by atoms with Gasteiger partial charge in [-0.25, -0.2) is 9.78 Å². The molecule has 0 amide bonds. The molecule has 134 valence electrons. The SMILES string of the molecule is COc1cc(C(=O)OCc2cn3cccc(C)c3n2)cc2c1OCCO2. The molecule has 26 heavy (non-hydrogen) atoms. The number of hydrogen-bond donors (Lipinski definition) is 0. The van der Waals surface area contributed by atoms with Gasteiger partial charge in [0.25, 0.3) is 0 Å². The lowest BCUT2D eigenvalue weighted by atomic mass is 10.1.